The van der Waals surface area contributed by atoms with Crippen LogP contribution in [0.1, 0.15) is 43.9 Å². The number of benzene rings is 1. The number of hydrogen-bond donors (Lipinski definition) is 2. The third-order valence-electron chi connectivity index (χ3n) is 4.23. The summed E-state index contributed by atoms with van der Waals surface area (Å²) in [5.41, 5.74) is -0.481. The Labute approximate surface area is 140 Å². The molecule has 1 aromatic rings. The monoisotopic (exact) mass is 350 g/mol. The third-order valence-corrected chi connectivity index (χ3v) is 4.23. The zero-order valence-corrected chi connectivity index (χ0v) is 14.0. The Kier molecular flexibility index (Phi) is 6.48. The Bertz CT molecular complexity index is 525. The van der Waals surface area contributed by atoms with Crippen LogP contribution < -0.4 is 10.6 Å². The summed E-state index contributed by atoms with van der Waals surface area (Å²) in [5.74, 6) is -0.0629. The van der Waals surface area contributed by atoms with E-state index in [4.69, 9.17) is 0 Å². The number of halogens is 4. The molecule has 0 bridgehead atoms. The second kappa shape index (κ2) is 7.53. The van der Waals surface area contributed by atoms with E-state index in [0.717, 1.165) is 31.5 Å². The molecule has 1 aliphatic rings. The molecule has 23 heavy (non-hydrogen) atoms. The number of alkyl halides is 3. The van der Waals surface area contributed by atoms with E-state index in [-0.39, 0.29) is 24.4 Å². The van der Waals surface area contributed by atoms with E-state index in [1.54, 1.807) is 6.92 Å². The summed E-state index contributed by atoms with van der Waals surface area (Å²) in [7, 11) is 0. The van der Waals surface area contributed by atoms with Crippen LogP contribution in [0.3, 0.4) is 0 Å². The minimum Gasteiger partial charge on any atom is -0.349 e. The SMILES string of the molecule is CC(NC(=O)C1(C)CCCNC1)c1ccc(C(F)(F)F)cc1.Cl. The molecule has 0 saturated carbocycles. The van der Waals surface area contributed by atoms with Crippen LogP contribution in [0.4, 0.5) is 13.2 Å². The van der Waals surface area contributed by atoms with Crippen LogP contribution in [0.5, 0.6) is 0 Å². The molecule has 7 heteroatoms. The van der Waals surface area contributed by atoms with E-state index in [1.165, 1.54) is 12.1 Å². The fourth-order valence-electron chi connectivity index (χ4n) is 2.67. The Hall–Kier alpha value is -1.27. The normalized spacial score (nSPS) is 22.8. The highest BCUT2D eigenvalue weighted by Crippen LogP contribution is 2.30. The van der Waals surface area contributed by atoms with Crippen LogP contribution in [0.15, 0.2) is 24.3 Å². The number of hydrogen-bond acceptors (Lipinski definition) is 2. The lowest BCUT2D eigenvalue weighted by Gasteiger charge is -2.33. The summed E-state index contributed by atoms with van der Waals surface area (Å²) >= 11 is 0. The first kappa shape index (κ1) is 19.8. The third kappa shape index (κ3) is 4.85. The van der Waals surface area contributed by atoms with Gasteiger partial charge in [-0.1, -0.05) is 12.1 Å². The van der Waals surface area contributed by atoms with Gasteiger partial charge in [0.05, 0.1) is 17.0 Å². The molecule has 1 aliphatic heterocycles. The number of amides is 1. The zero-order chi connectivity index (χ0) is 16.4. The first-order valence-corrected chi connectivity index (χ1v) is 7.41. The van der Waals surface area contributed by atoms with Crippen molar-refractivity contribution in [2.45, 2.75) is 38.9 Å². The molecule has 1 fully saturated rings. The van der Waals surface area contributed by atoms with Gasteiger partial charge < -0.3 is 10.6 Å². The van der Waals surface area contributed by atoms with Crippen LogP contribution in [-0.2, 0) is 11.0 Å². The molecule has 130 valence electrons. The van der Waals surface area contributed by atoms with E-state index >= 15 is 0 Å². The predicted molar refractivity (Wildman–Crippen MR) is 85.5 cm³/mol. The van der Waals surface area contributed by atoms with Crippen LogP contribution >= 0.6 is 12.4 Å². The van der Waals surface area contributed by atoms with E-state index in [1.807, 2.05) is 6.92 Å². The highest BCUT2D eigenvalue weighted by molar-refractivity contribution is 5.85. The Morgan fingerprint density at radius 3 is 2.39 bits per heavy atom. The number of carbonyl (C=O) groups is 1. The summed E-state index contributed by atoms with van der Waals surface area (Å²) in [6, 6.07) is 4.59. The highest BCUT2D eigenvalue weighted by atomic mass is 35.5. The van der Waals surface area contributed by atoms with Gasteiger partial charge in [-0.2, -0.15) is 13.2 Å². The Morgan fingerprint density at radius 2 is 1.91 bits per heavy atom. The molecule has 2 atom stereocenters. The average Bonchev–Trinajstić information content (AvgIpc) is 2.47. The standard InChI is InChI=1S/C16H21F3N2O.ClH/c1-11(12-4-6-13(7-5-12)16(17,18)19)21-14(22)15(2)8-3-9-20-10-15;/h4-7,11,20H,3,8-10H2,1-2H3,(H,21,22);1H. The molecule has 1 amide bonds. The molecule has 2 N–H and O–H groups in total. The number of nitrogens with one attached hydrogen (secondary N) is 2. The van der Waals surface area contributed by atoms with Crippen molar-refractivity contribution in [1.29, 1.82) is 0 Å². The van der Waals surface area contributed by atoms with Crippen molar-refractivity contribution in [3.63, 3.8) is 0 Å². The molecule has 0 spiro atoms. The van der Waals surface area contributed by atoms with Crippen LogP contribution in [0.2, 0.25) is 0 Å². The molecule has 3 nitrogen and oxygen atoms in total. The Balaban J connectivity index is 0.00000264. The van der Waals surface area contributed by atoms with Gasteiger partial charge in [-0.05, 0) is 50.9 Å². The highest BCUT2D eigenvalue weighted by Gasteiger charge is 2.35. The van der Waals surface area contributed by atoms with Crippen LogP contribution in [0, 0.1) is 5.41 Å². The van der Waals surface area contributed by atoms with Gasteiger partial charge in [-0.25, -0.2) is 0 Å². The van der Waals surface area contributed by atoms with Gasteiger partial charge in [0.15, 0.2) is 0 Å². The van der Waals surface area contributed by atoms with Gasteiger partial charge in [0.1, 0.15) is 0 Å². The van der Waals surface area contributed by atoms with Gasteiger partial charge in [0.2, 0.25) is 5.91 Å². The fourth-order valence-corrected chi connectivity index (χ4v) is 2.67. The van der Waals surface area contributed by atoms with Crippen LogP contribution in [0.25, 0.3) is 0 Å². The molecule has 1 aromatic carbocycles. The maximum absolute atomic E-state index is 12.5. The maximum Gasteiger partial charge on any atom is 0.416 e. The lowest BCUT2D eigenvalue weighted by atomic mass is 9.81. The summed E-state index contributed by atoms with van der Waals surface area (Å²) < 4.78 is 37.6. The molecular formula is C16H22ClF3N2O. The smallest absolute Gasteiger partial charge is 0.349 e. The number of rotatable bonds is 3. The van der Waals surface area contributed by atoms with Crippen molar-refractivity contribution in [1.82, 2.24) is 10.6 Å². The van der Waals surface area contributed by atoms with Crippen molar-refractivity contribution >= 4 is 18.3 Å². The minimum absolute atomic E-state index is 0. The van der Waals surface area contributed by atoms with Crippen molar-refractivity contribution in [2.24, 2.45) is 5.41 Å². The summed E-state index contributed by atoms with van der Waals surface area (Å²) in [4.78, 5) is 12.4. The first-order chi connectivity index (χ1) is 10.2. The summed E-state index contributed by atoms with van der Waals surface area (Å²) in [5, 5.41) is 6.11. The van der Waals surface area contributed by atoms with Gasteiger partial charge in [0.25, 0.3) is 0 Å². The predicted octanol–water partition coefficient (Wildman–Crippen LogP) is 3.69. The van der Waals surface area contributed by atoms with Crippen molar-refractivity contribution in [2.75, 3.05) is 13.1 Å². The molecule has 1 saturated heterocycles. The van der Waals surface area contributed by atoms with E-state index in [9.17, 15) is 18.0 Å². The average molecular weight is 351 g/mol. The molecule has 2 rings (SSSR count). The van der Waals surface area contributed by atoms with Gasteiger partial charge in [-0.15, -0.1) is 12.4 Å². The molecule has 0 aliphatic carbocycles. The van der Waals surface area contributed by atoms with Gasteiger partial charge in [-0.3, -0.25) is 4.79 Å². The molecule has 0 radical (unpaired) electrons. The van der Waals surface area contributed by atoms with E-state index in [0.29, 0.717) is 12.1 Å². The second-order valence-corrected chi connectivity index (χ2v) is 6.16. The van der Waals surface area contributed by atoms with E-state index in [2.05, 4.69) is 10.6 Å². The lowest BCUT2D eigenvalue weighted by Crippen LogP contribution is -2.49. The van der Waals surface area contributed by atoms with Crippen molar-refractivity contribution in [3.8, 4) is 0 Å². The largest absolute Gasteiger partial charge is 0.416 e. The van der Waals surface area contributed by atoms with Crippen molar-refractivity contribution < 1.29 is 18.0 Å². The van der Waals surface area contributed by atoms with Crippen molar-refractivity contribution in [3.05, 3.63) is 35.4 Å². The minimum atomic E-state index is -4.34. The van der Waals surface area contributed by atoms with Gasteiger partial charge in [0, 0.05) is 6.54 Å². The second-order valence-electron chi connectivity index (χ2n) is 6.16. The first-order valence-electron chi connectivity index (χ1n) is 7.41. The fraction of sp³-hybridized carbons (Fsp3) is 0.562. The van der Waals surface area contributed by atoms with E-state index < -0.39 is 17.2 Å². The lowest BCUT2D eigenvalue weighted by molar-refractivity contribution is -0.137. The number of carbonyl (C=O) groups excluding carboxylic acids is 1. The maximum atomic E-state index is 12.5. The molecule has 2 unspecified atom stereocenters. The quantitative estimate of drug-likeness (QED) is 0.872. The summed E-state index contributed by atoms with van der Waals surface area (Å²) in [6.45, 7) is 5.23. The zero-order valence-electron chi connectivity index (χ0n) is 13.2. The number of piperidine rings is 1. The molecule has 0 aromatic heterocycles. The Morgan fingerprint density at radius 1 is 1.30 bits per heavy atom. The van der Waals surface area contributed by atoms with Gasteiger partial charge >= 0.3 is 6.18 Å². The molecular weight excluding hydrogens is 329 g/mol. The molecule has 1 heterocycles. The topological polar surface area (TPSA) is 41.1 Å². The van der Waals surface area contributed by atoms with Crippen LogP contribution in [-0.4, -0.2) is 19.0 Å². The summed E-state index contributed by atoms with van der Waals surface area (Å²) in [6.07, 6.45) is -2.59.